The lowest BCUT2D eigenvalue weighted by Crippen LogP contribution is -2.40. The van der Waals surface area contributed by atoms with Gasteiger partial charge >= 0.3 is 0 Å². The first-order valence-electron chi connectivity index (χ1n) is 11.7. The van der Waals surface area contributed by atoms with Gasteiger partial charge in [-0.1, -0.05) is 11.6 Å². The molecule has 7 nitrogen and oxygen atoms in total. The maximum absolute atomic E-state index is 11.9. The van der Waals surface area contributed by atoms with Crippen LogP contribution in [-0.4, -0.2) is 67.8 Å². The third-order valence-corrected chi connectivity index (χ3v) is 9.41. The Bertz CT molecular complexity index is 807. The molecule has 0 N–H and O–H groups in total. The topological polar surface area (TPSA) is 75.6 Å². The molecule has 3 heterocycles. The molecule has 1 saturated carbocycles. The predicted octanol–water partition coefficient (Wildman–Crippen LogP) is 3.45. The molecular formula is C22H35ClN4O3S. The Hall–Kier alpha value is -0.960. The molecule has 0 aromatic carbocycles. The van der Waals surface area contributed by atoms with Crippen molar-refractivity contribution in [1.29, 1.82) is 0 Å². The Morgan fingerprint density at radius 2 is 1.77 bits per heavy atom. The van der Waals surface area contributed by atoms with Gasteiger partial charge in [0.15, 0.2) is 0 Å². The molecule has 0 radical (unpaired) electrons. The summed E-state index contributed by atoms with van der Waals surface area (Å²) in [5.74, 6) is 3.99. The van der Waals surface area contributed by atoms with Crippen LogP contribution in [0.15, 0.2) is 12.4 Å². The second-order valence-electron chi connectivity index (χ2n) is 9.29. The summed E-state index contributed by atoms with van der Waals surface area (Å²) >= 11 is 5.89. The quantitative estimate of drug-likeness (QED) is 0.514. The van der Waals surface area contributed by atoms with Crippen LogP contribution in [0.25, 0.3) is 0 Å². The van der Waals surface area contributed by atoms with Crippen LogP contribution in [0.4, 0.5) is 5.95 Å². The summed E-state index contributed by atoms with van der Waals surface area (Å²) in [7, 11) is -3.03. The molecule has 31 heavy (non-hydrogen) atoms. The number of ether oxygens (including phenoxy) is 1. The van der Waals surface area contributed by atoms with E-state index in [0.717, 1.165) is 69.3 Å². The lowest BCUT2D eigenvalue weighted by molar-refractivity contribution is 0.0745. The van der Waals surface area contributed by atoms with Crippen molar-refractivity contribution in [3.63, 3.8) is 0 Å². The number of anilines is 1. The molecule has 2 saturated heterocycles. The summed E-state index contributed by atoms with van der Waals surface area (Å²) in [6, 6.07) is 0. The molecule has 2 atom stereocenters. The molecule has 0 amide bonds. The zero-order valence-corrected chi connectivity index (χ0v) is 20.0. The Morgan fingerprint density at radius 3 is 2.42 bits per heavy atom. The molecule has 3 aliphatic rings. The number of hydrogen-bond donors (Lipinski definition) is 0. The highest BCUT2D eigenvalue weighted by Gasteiger charge is 2.43. The van der Waals surface area contributed by atoms with Crippen molar-refractivity contribution >= 4 is 27.6 Å². The first-order valence-corrected chi connectivity index (χ1v) is 13.7. The number of aromatic nitrogens is 2. The van der Waals surface area contributed by atoms with E-state index in [-0.39, 0.29) is 5.75 Å². The maximum atomic E-state index is 11.9. The van der Waals surface area contributed by atoms with Crippen molar-refractivity contribution in [3.8, 4) is 0 Å². The van der Waals surface area contributed by atoms with Crippen LogP contribution in [0.1, 0.15) is 45.4 Å². The monoisotopic (exact) mass is 470 g/mol. The van der Waals surface area contributed by atoms with Crippen molar-refractivity contribution in [1.82, 2.24) is 14.3 Å². The Morgan fingerprint density at radius 1 is 1.10 bits per heavy atom. The lowest BCUT2D eigenvalue weighted by Gasteiger charge is -2.32. The summed E-state index contributed by atoms with van der Waals surface area (Å²) in [6.07, 6.45) is 10.1. The van der Waals surface area contributed by atoms with Crippen LogP contribution in [-0.2, 0) is 14.8 Å². The van der Waals surface area contributed by atoms with Gasteiger partial charge in [0.25, 0.3) is 0 Å². The van der Waals surface area contributed by atoms with Gasteiger partial charge in [0.05, 0.1) is 23.2 Å². The van der Waals surface area contributed by atoms with Gasteiger partial charge in [0, 0.05) is 39.4 Å². The van der Waals surface area contributed by atoms with E-state index in [1.807, 2.05) is 0 Å². The van der Waals surface area contributed by atoms with Crippen LogP contribution in [0.2, 0.25) is 5.02 Å². The molecule has 1 aromatic rings. The molecule has 174 valence electrons. The molecule has 2 aliphatic heterocycles. The molecular weight excluding hydrogens is 436 g/mol. The van der Waals surface area contributed by atoms with Gasteiger partial charge in [-0.25, -0.2) is 22.7 Å². The number of nitrogens with zero attached hydrogens (tertiary/aromatic N) is 4. The van der Waals surface area contributed by atoms with E-state index in [9.17, 15) is 8.42 Å². The van der Waals surface area contributed by atoms with E-state index in [0.29, 0.717) is 24.0 Å². The average Bonchev–Trinajstić information content (AvgIpc) is 3.57. The third-order valence-electron chi connectivity index (χ3n) is 7.33. The van der Waals surface area contributed by atoms with Crippen LogP contribution in [0.5, 0.6) is 0 Å². The van der Waals surface area contributed by atoms with Crippen molar-refractivity contribution in [2.75, 3.05) is 50.0 Å². The standard InChI is InChI=1S/C22H35ClN4O3S/c1-2-31(28,29)27-10-3-17(4-11-27)16-30-12-7-19-13-21(19)18-5-8-26(9-6-18)22-24-14-20(23)15-25-22/h14-15,17-19,21H,2-13,16H2,1H3/t19-,21-/m1/s1. The van der Waals surface area contributed by atoms with E-state index in [2.05, 4.69) is 14.9 Å². The lowest BCUT2D eigenvalue weighted by atomic mass is 9.90. The molecule has 4 rings (SSSR count). The zero-order valence-electron chi connectivity index (χ0n) is 18.5. The minimum absolute atomic E-state index is 0.199. The highest BCUT2D eigenvalue weighted by Crippen LogP contribution is 2.49. The number of halogens is 1. The van der Waals surface area contributed by atoms with E-state index in [4.69, 9.17) is 16.3 Å². The average molecular weight is 471 g/mol. The summed E-state index contributed by atoms with van der Waals surface area (Å²) in [6.45, 7) is 6.68. The minimum Gasteiger partial charge on any atom is -0.381 e. The van der Waals surface area contributed by atoms with Gasteiger partial charge in [0.1, 0.15) is 0 Å². The largest absolute Gasteiger partial charge is 0.381 e. The van der Waals surface area contributed by atoms with Gasteiger partial charge in [0.2, 0.25) is 16.0 Å². The number of hydrogen-bond acceptors (Lipinski definition) is 6. The van der Waals surface area contributed by atoms with Gasteiger partial charge < -0.3 is 9.64 Å². The highest BCUT2D eigenvalue weighted by molar-refractivity contribution is 7.89. The Balaban J connectivity index is 1.08. The normalized spacial score (nSPS) is 26.3. The maximum Gasteiger partial charge on any atom is 0.225 e. The van der Waals surface area contributed by atoms with Crippen molar-refractivity contribution in [2.24, 2.45) is 23.7 Å². The minimum atomic E-state index is -3.03. The van der Waals surface area contributed by atoms with E-state index in [1.165, 1.54) is 19.3 Å². The fourth-order valence-corrected chi connectivity index (χ4v) is 6.43. The molecule has 3 fully saturated rings. The molecule has 1 aromatic heterocycles. The molecule has 0 spiro atoms. The fourth-order valence-electron chi connectivity index (χ4n) is 5.20. The van der Waals surface area contributed by atoms with Gasteiger partial charge in [-0.15, -0.1) is 0 Å². The fraction of sp³-hybridized carbons (Fsp3) is 0.818. The number of rotatable bonds is 9. The Kier molecular flexibility index (Phi) is 7.72. The number of sulfonamides is 1. The van der Waals surface area contributed by atoms with Crippen molar-refractivity contribution in [3.05, 3.63) is 17.4 Å². The highest BCUT2D eigenvalue weighted by atomic mass is 35.5. The first kappa shape index (κ1) is 23.2. The summed E-state index contributed by atoms with van der Waals surface area (Å²) < 4.78 is 31.5. The van der Waals surface area contributed by atoms with E-state index < -0.39 is 10.0 Å². The summed E-state index contributed by atoms with van der Waals surface area (Å²) in [5, 5.41) is 0.580. The molecule has 1 aliphatic carbocycles. The summed E-state index contributed by atoms with van der Waals surface area (Å²) in [5.41, 5.74) is 0. The smallest absolute Gasteiger partial charge is 0.225 e. The van der Waals surface area contributed by atoms with Gasteiger partial charge in [-0.2, -0.15) is 0 Å². The van der Waals surface area contributed by atoms with E-state index >= 15 is 0 Å². The number of piperidine rings is 2. The van der Waals surface area contributed by atoms with Crippen molar-refractivity contribution < 1.29 is 13.2 Å². The van der Waals surface area contributed by atoms with Gasteiger partial charge in [-0.05, 0) is 69.1 Å². The predicted molar refractivity (Wildman–Crippen MR) is 123 cm³/mol. The van der Waals surface area contributed by atoms with Crippen LogP contribution in [0, 0.1) is 23.7 Å². The summed E-state index contributed by atoms with van der Waals surface area (Å²) in [4.78, 5) is 11.0. The SMILES string of the molecule is CCS(=O)(=O)N1CCC(COCC[C@@H]2C[C@@H]2C2CCN(c3ncc(Cl)cn3)CC2)CC1. The molecule has 0 bridgehead atoms. The zero-order chi connectivity index (χ0) is 21.8. The first-order chi connectivity index (χ1) is 15.0. The van der Waals surface area contributed by atoms with Gasteiger partial charge in [-0.3, -0.25) is 0 Å². The Labute approximate surface area is 191 Å². The van der Waals surface area contributed by atoms with Crippen molar-refractivity contribution in [2.45, 2.75) is 45.4 Å². The van der Waals surface area contributed by atoms with Crippen LogP contribution >= 0.6 is 11.6 Å². The van der Waals surface area contributed by atoms with Crippen LogP contribution < -0.4 is 4.90 Å². The second-order valence-corrected chi connectivity index (χ2v) is 12.0. The van der Waals surface area contributed by atoms with E-state index in [1.54, 1.807) is 23.6 Å². The molecule has 0 unspecified atom stereocenters. The molecule has 9 heteroatoms. The second kappa shape index (κ2) is 10.3. The third kappa shape index (κ3) is 6.09. The van der Waals surface area contributed by atoms with Crippen LogP contribution in [0.3, 0.4) is 0 Å².